The second-order valence-electron chi connectivity index (χ2n) is 8.78. The minimum absolute atomic E-state index is 0.223. The van der Waals surface area contributed by atoms with E-state index in [9.17, 15) is 9.18 Å². The Labute approximate surface area is 208 Å². The van der Waals surface area contributed by atoms with Crippen LogP contribution in [0.3, 0.4) is 0 Å². The molecule has 5 aromatic heterocycles. The largest absolute Gasteiger partial charge is 0.368 e. The topological polar surface area (TPSA) is 137 Å². The number of hydrogen-bond acceptors (Lipinski definition) is 9. The number of pyridine rings is 1. The molecule has 0 radical (unpaired) electrons. The number of carbonyl (C=O) groups excluding carboxylic acids is 1. The summed E-state index contributed by atoms with van der Waals surface area (Å²) in [6.07, 6.45) is 2.83. The molecule has 0 spiro atoms. The van der Waals surface area contributed by atoms with Crippen molar-refractivity contribution in [2.45, 2.75) is 39.3 Å². The zero-order chi connectivity index (χ0) is 25.1. The lowest BCUT2D eigenvalue weighted by Crippen LogP contribution is -2.11. The number of aromatic nitrogens is 6. The summed E-state index contributed by atoms with van der Waals surface area (Å²) in [5.74, 6) is 0.312. The highest BCUT2D eigenvalue weighted by Crippen LogP contribution is 2.43. The average Bonchev–Trinajstić information content (AvgIpc) is 3.20. The number of rotatable bonds is 5. The Bertz CT molecular complexity index is 1630. The van der Waals surface area contributed by atoms with Gasteiger partial charge in [0.15, 0.2) is 0 Å². The fourth-order valence-corrected chi connectivity index (χ4v) is 5.18. The first kappa shape index (κ1) is 22.3. The lowest BCUT2D eigenvalue weighted by Gasteiger charge is -2.10. The molecule has 12 heteroatoms. The first-order valence-electron chi connectivity index (χ1n) is 11.3. The van der Waals surface area contributed by atoms with Crippen LogP contribution in [0.2, 0.25) is 0 Å². The number of alkyl halides is 1. The van der Waals surface area contributed by atoms with Crippen LogP contribution < -0.4 is 11.1 Å². The summed E-state index contributed by atoms with van der Waals surface area (Å²) >= 11 is 1.42. The van der Waals surface area contributed by atoms with E-state index in [4.69, 9.17) is 10.3 Å². The van der Waals surface area contributed by atoms with Crippen LogP contribution in [0.15, 0.2) is 35.1 Å². The number of hydrogen-bond donors (Lipinski definition) is 2. The number of thiophene rings is 1. The predicted molar refractivity (Wildman–Crippen MR) is 133 cm³/mol. The molecule has 5 aromatic rings. The molecule has 1 amide bonds. The lowest BCUT2D eigenvalue weighted by atomic mass is 10.0. The van der Waals surface area contributed by atoms with Crippen LogP contribution in [0.5, 0.6) is 0 Å². The highest BCUT2D eigenvalue weighted by atomic mass is 32.1. The van der Waals surface area contributed by atoms with Gasteiger partial charge >= 0.3 is 0 Å². The lowest BCUT2D eigenvalue weighted by molar-refractivity contribution is 0.102. The molecule has 1 aliphatic rings. The van der Waals surface area contributed by atoms with Crippen molar-refractivity contribution in [2.24, 2.45) is 0 Å². The van der Waals surface area contributed by atoms with Crippen molar-refractivity contribution >= 4 is 34.4 Å². The van der Waals surface area contributed by atoms with Crippen LogP contribution in [0.25, 0.3) is 27.3 Å². The number of halogens is 1. The number of aryl methyl sites for hydroxylation is 3. The predicted octanol–water partition coefficient (Wildman–Crippen LogP) is 4.49. The van der Waals surface area contributed by atoms with Gasteiger partial charge in [0, 0.05) is 16.6 Å². The van der Waals surface area contributed by atoms with Gasteiger partial charge in [0.25, 0.3) is 5.91 Å². The van der Waals surface area contributed by atoms with Gasteiger partial charge in [0.2, 0.25) is 17.7 Å². The van der Waals surface area contributed by atoms with Gasteiger partial charge in [-0.2, -0.15) is 10.1 Å². The van der Waals surface area contributed by atoms with E-state index in [0.29, 0.717) is 34.9 Å². The maximum absolute atomic E-state index is 13.3. The maximum Gasteiger partial charge on any atom is 0.259 e. The van der Waals surface area contributed by atoms with E-state index in [2.05, 4.69) is 30.5 Å². The van der Waals surface area contributed by atoms with Crippen molar-refractivity contribution in [1.29, 1.82) is 0 Å². The summed E-state index contributed by atoms with van der Waals surface area (Å²) in [7, 11) is 0. The van der Waals surface area contributed by atoms with Gasteiger partial charge in [-0.05, 0) is 51.0 Å². The number of amides is 1. The van der Waals surface area contributed by atoms with Crippen LogP contribution in [-0.2, 0) is 0 Å². The number of carbonyl (C=O) groups is 1. The van der Waals surface area contributed by atoms with E-state index < -0.39 is 6.17 Å². The average molecular weight is 505 g/mol. The summed E-state index contributed by atoms with van der Waals surface area (Å²) in [5.41, 5.74) is 10.7. The molecule has 0 aliphatic heterocycles. The molecule has 0 saturated heterocycles. The Morgan fingerprint density at radius 1 is 1.22 bits per heavy atom. The zero-order valence-corrected chi connectivity index (χ0v) is 20.4. The van der Waals surface area contributed by atoms with Crippen LogP contribution in [0.4, 0.5) is 16.0 Å². The maximum atomic E-state index is 13.3. The Morgan fingerprint density at radius 2 is 1.97 bits per heavy atom. The van der Waals surface area contributed by atoms with E-state index >= 15 is 0 Å². The number of nitrogen functional groups attached to an aromatic ring is 1. The van der Waals surface area contributed by atoms with Crippen molar-refractivity contribution in [3.8, 4) is 21.8 Å². The van der Waals surface area contributed by atoms with Crippen LogP contribution in [-0.4, -0.2) is 41.8 Å². The van der Waals surface area contributed by atoms with Gasteiger partial charge in [-0.15, -0.1) is 11.3 Å². The summed E-state index contributed by atoms with van der Waals surface area (Å²) < 4.78 is 20.2. The summed E-state index contributed by atoms with van der Waals surface area (Å²) in [6, 6.07) is 5.58. The van der Waals surface area contributed by atoms with Crippen molar-refractivity contribution in [1.82, 2.24) is 29.7 Å². The molecule has 0 aromatic carbocycles. The van der Waals surface area contributed by atoms with Crippen molar-refractivity contribution < 1.29 is 13.7 Å². The zero-order valence-electron chi connectivity index (χ0n) is 19.6. The van der Waals surface area contributed by atoms with Gasteiger partial charge in [-0.25, -0.2) is 18.9 Å². The molecule has 36 heavy (non-hydrogen) atoms. The SMILES string of the molecule is Cc1nc(N)nc(C)c1-c1ccn2ncc(C(=O)Nc3cc(-c4noc([C@H]5C[C@@H]5F)n4)sc3C)c2c1. The van der Waals surface area contributed by atoms with Gasteiger partial charge in [0.05, 0.1) is 45.1 Å². The third-order valence-corrected chi connectivity index (χ3v) is 7.25. The third-order valence-electron chi connectivity index (χ3n) is 6.20. The molecule has 1 saturated carbocycles. The Morgan fingerprint density at radius 3 is 2.69 bits per heavy atom. The number of nitrogens with two attached hydrogens (primary N) is 1. The highest BCUT2D eigenvalue weighted by Gasteiger charge is 2.43. The normalized spacial score (nSPS) is 17.0. The smallest absolute Gasteiger partial charge is 0.259 e. The van der Waals surface area contributed by atoms with Gasteiger partial charge in [-0.1, -0.05) is 5.16 Å². The summed E-state index contributed by atoms with van der Waals surface area (Å²) in [5, 5.41) is 11.3. The highest BCUT2D eigenvalue weighted by molar-refractivity contribution is 7.16. The fraction of sp³-hybridized carbons (Fsp3) is 0.250. The van der Waals surface area contributed by atoms with Gasteiger partial charge < -0.3 is 15.6 Å². The standard InChI is InChI=1S/C24H21FN8O2S/c1-10-20(11(2)29-24(26)28-10)13-4-5-33-18(6-13)15(9-27-33)22(34)30-17-8-19(36-12(17)3)21-31-23(35-32-21)14-7-16(14)25/h4-6,8-9,14,16H,7H2,1-3H3,(H,30,34)(H2,26,28,29)/t14-,16-/m0/s1. The number of nitrogens with one attached hydrogen (secondary N) is 1. The van der Waals surface area contributed by atoms with Gasteiger partial charge in [0.1, 0.15) is 6.17 Å². The van der Waals surface area contributed by atoms with E-state index in [1.54, 1.807) is 16.8 Å². The molecule has 10 nitrogen and oxygen atoms in total. The first-order valence-corrected chi connectivity index (χ1v) is 12.1. The molecule has 2 atom stereocenters. The van der Waals surface area contributed by atoms with E-state index in [1.165, 1.54) is 17.5 Å². The fourth-order valence-electron chi connectivity index (χ4n) is 4.28. The minimum atomic E-state index is -0.912. The van der Waals surface area contributed by atoms with Crippen molar-refractivity contribution in [3.05, 3.63) is 58.3 Å². The molecular weight excluding hydrogens is 483 g/mol. The molecule has 182 valence electrons. The molecule has 1 aliphatic carbocycles. The second kappa shape index (κ2) is 8.19. The first-order chi connectivity index (χ1) is 17.3. The van der Waals surface area contributed by atoms with E-state index in [0.717, 1.165) is 32.3 Å². The van der Waals surface area contributed by atoms with E-state index in [-0.39, 0.29) is 17.8 Å². The quantitative estimate of drug-likeness (QED) is 0.357. The number of nitrogens with zero attached hydrogens (tertiary/aromatic N) is 6. The Balaban J connectivity index is 1.29. The number of anilines is 2. The second-order valence-corrected chi connectivity index (χ2v) is 10.0. The Hall–Kier alpha value is -4.19. The molecule has 1 fully saturated rings. The molecule has 0 bridgehead atoms. The Kier molecular flexibility index (Phi) is 5.07. The van der Waals surface area contributed by atoms with Crippen LogP contribution in [0.1, 0.15) is 44.9 Å². The van der Waals surface area contributed by atoms with Crippen LogP contribution >= 0.6 is 11.3 Å². The monoisotopic (exact) mass is 504 g/mol. The summed E-state index contributed by atoms with van der Waals surface area (Å²) in [6.45, 7) is 5.64. The third kappa shape index (κ3) is 3.79. The molecular formula is C24H21FN8O2S. The van der Waals surface area contributed by atoms with Crippen LogP contribution in [0, 0.1) is 20.8 Å². The van der Waals surface area contributed by atoms with Crippen molar-refractivity contribution in [3.63, 3.8) is 0 Å². The van der Waals surface area contributed by atoms with E-state index in [1.807, 2.05) is 32.9 Å². The molecule has 5 heterocycles. The molecule has 3 N–H and O–H groups in total. The molecule has 6 rings (SSSR count). The number of fused-ring (bicyclic) bond motifs is 1. The van der Waals surface area contributed by atoms with Gasteiger partial charge in [-0.3, -0.25) is 4.79 Å². The minimum Gasteiger partial charge on any atom is -0.368 e. The molecule has 0 unspecified atom stereocenters. The summed E-state index contributed by atoms with van der Waals surface area (Å²) in [4.78, 5) is 27.7. The van der Waals surface area contributed by atoms with Crippen molar-refractivity contribution in [2.75, 3.05) is 11.1 Å².